The number of fused-ring (bicyclic) bond motifs is 1. The average Bonchev–Trinajstić information content (AvgIpc) is 2.92. The molecule has 5 nitrogen and oxygen atoms in total. The van der Waals surface area contributed by atoms with Gasteiger partial charge in [-0.05, 0) is 25.3 Å². The molecule has 104 valence electrons. The summed E-state index contributed by atoms with van der Waals surface area (Å²) in [6.07, 6.45) is 6.04. The lowest BCUT2D eigenvalue weighted by atomic mass is 10.0. The molecule has 2 aromatic rings. The topological polar surface area (TPSA) is 66.6 Å². The molecule has 0 amide bonds. The van der Waals surface area contributed by atoms with Crippen molar-refractivity contribution in [3.63, 3.8) is 0 Å². The van der Waals surface area contributed by atoms with Gasteiger partial charge < -0.3 is 10.4 Å². The third kappa shape index (κ3) is 4.33. The van der Waals surface area contributed by atoms with Crippen LogP contribution in [0.3, 0.4) is 0 Å². The summed E-state index contributed by atoms with van der Waals surface area (Å²) in [6.45, 7) is 3.75. The SMILES string of the molecule is CC(CCNCc1cn2ccsc2n1)CCC(=O)O. The molecular weight excluding hydrogens is 262 g/mol. The number of aromatic nitrogens is 2. The zero-order valence-corrected chi connectivity index (χ0v) is 11.8. The first-order valence-corrected chi connectivity index (χ1v) is 7.36. The summed E-state index contributed by atoms with van der Waals surface area (Å²) in [5, 5.41) is 14.0. The van der Waals surface area contributed by atoms with Crippen molar-refractivity contribution in [2.24, 2.45) is 5.92 Å². The maximum absolute atomic E-state index is 10.5. The highest BCUT2D eigenvalue weighted by atomic mass is 32.1. The van der Waals surface area contributed by atoms with Gasteiger partial charge in [0.05, 0.1) is 5.69 Å². The van der Waals surface area contributed by atoms with Crippen LogP contribution in [0, 0.1) is 5.92 Å². The van der Waals surface area contributed by atoms with Crippen molar-refractivity contribution < 1.29 is 9.90 Å². The van der Waals surface area contributed by atoms with Crippen LogP contribution in [0.5, 0.6) is 0 Å². The molecule has 0 aliphatic rings. The fraction of sp³-hybridized carbons (Fsp3) is 0.538. The lowest BCUT2D eigenvalue weighted by molar-refractivity contribution is -0.137. The number of aliphatic carboxylic acids is 1. The second-order valence-electron chi connectivity index (χ2n) is 4.83. The van der Waals surface area contributed by atoms with Crippen LogP contribution < -0.4 is 5.32 Å². The van der Waals surface area contributed by atoms with E-state index in [0.29, 0.717) is 5.92 Å². The summed E-state index contributed by atoms with van der Waals surface area (Å²) in [4.78, 5) is 16.0. The van der Waals surface area contributed by atoms with Crippen LogP contribution in [0.1, 0.15) is 31.9 Å². The van der Waals surface area contributed by atoms with Gasteiger partial charge in [0.15, 0.2) is 4.96 Å². The molecule has 1 unspecified atom stereocenters. The molecule has 1 atom stereocenters. The fourth-order valence-electron chi connectivity index (χ4n) is 1.94. The Morgan fingerprint density at radius 3 is 3.16 bits per heavy atom. The lowest BCUT2D eigenvalue weighted by Crippen LogP contribution is -2.17. The van der Waals surface area contributed by atoms with Gasteiger partial charge in [-0.25, -0.2) is 4.98 Å². The van der Waals surface area contributed by atoms with Crippen molar-refractivity contribution in [1.82, 2.24) is 14.7 Å². The minimum Gasteiger partial charge on any atom is -0.481 e. The Hall–Kier alpha value is -1.40. The first-order valence-electron chi connectivity index (χ1n) is 6.48. The van der Waals surface area contributed by atoms with Crippen LogP contribution in [0.15, 0.2) is 17.8 Å². The maximum Gasteiger partial charge on any atom is 0.303 e. The smallest absolute Gasteiger partial charge is 0.303 e. The highest BCUT2D eigenvalue weighted by molar-refractivity contribution is 7.15. The minimum atomic E-state index is -0.710. The number of nitrogens with one attached hydrogen (secondary N) is 1. The number of carboxylic acid groups (broad SMARTS) is 1. The van der Waals surface area contributed by atoms with Gasteiger partial charge in [-0.3, -0.25) is 9.20 Å². The summed E-state index contributed by atoms with van der Waals surface area (Å²) >= 11 is 1.63. The Morgan fingerprint density at radius 2 is 2.42 bits per heavy atom. The fourth-order valence-corrected chi connectivity index (χ4v) is 2.66. The number of rotatable bonds is 8. The van der Waals surface area contributed by atoms with Gasteiger partial charge in [-0.15, -0.1) is 11.3 Å². The first kappa shape index (κ1) is 14.0. The summed E-state index contributed by atoms with van der Waals surface area (Å²) in [5.74, 6) is -0.271. The molecular formula is C13H19N3O2S. The van der Waals surface area contributed by atoms with E-state index in [2.05, 4.69) is 17.2 Å². The Morgan fingerprint density at radius 1 is 1.58 bits per heavy atom. The van der Waals surface area contributed by atoms with Crippen molar-refractivity contribution >= 4 is 22.3 Å². The van der Waals surface area contributed by atoms with Crippen molar-refractivity contribution in [1.29, 1.82) is 0 Å². The van der Waals surface area contributed by atoms with E-state index in [9.17, 15) is 4.79 Å². The maximum atomic E-state index is 10.5. The van der Waals surface area contributed by atoms with Crippen LogP contribution in [0.4, 0.5) is 0 Å². The quantitative estimate of drug-likeness (QED) is 0.729. The standard InChI is InChI=1S/C13H19N3O2S/c1-10(2-3-12(17)18)4-5-14-8-11-9-16-6-7-19-13(16)15-11/h6-7,9-10,14H,2-5,8H2,1H3,(H,17,18). The van der Waals surface area contributed by atoms with E-state index in [1.807, 2.05) is 22.2 Å². The molecule has 0 saturated heterocycles. The molecule has 2 aromatic heterocycles. The van der Waals surface area contributed by atoms with Crippen LogP contribution in [-0.2, 0) is 11.3 Å². The third-order valence-electron chi connectivity index (χ3n) is 3.11. The molecule has 2 heterocycles. The molecule has 0 radical (unpaired) electrons. The van der Waals surface area contributed by atoms with E-state index in [1.165, 1.54) is 0 Å². The van der Waals surface area contributed by atoms with Gasteiger partial charge in [0.1, 0.15) is 0 Å². The summed E-state index contributed by atoms with van der Waals surface area (Å²) in [5.41, 5.74) is 1.05. The van der Waals surface area contributed by atoms with Gasteiger partial charge in [-0.2, -0.15) is 0 Å². The van der Waals surface area contributed by atoms with Crippen LogP contribution in [-0.4, -0.2) is 27.0 Å². The molecule has 0 saturated carbocycles. The molecule has 0 aromatic carbocycles. The Bertz CT molecular complexity index is 506. The van der Waals surface area contributed by atoms with E-state index >= 15 is 0 Å². The summed E-state index contributed by atoms with van der Waals surface area (Å²) in [6, 6.07) is 0. The van der Waals surface area contributed by atoms with Crippen LogP contribution >= 0.6 is 11.3 Å². The van der Waals surface area contributed by atoms with Crippen LogP contribution in [0.25, 0.3) is 4.96 Å². The van der Waals surface area contributed by atoms with E-state index < -0.39 is 5.97 Å². The lowest BCUT2D eigenvalue weighted by Gasteiger charge is -2.09. The van der Waals surface area contributed by atoms with Gasteiger partial charge in [0, 0.05) is 30.7 Å². The van der Waals surface area contributed by atoms with Gasteiger partial charge in [0.2, 0.25) is 0 Å². The van der Waals surface area contributed by atoms with E-state index in [-0.39, 0.29) is 6.42 Å². The monoisotopic (exact) mass is 281 g/mol. The molecule has 0 aliphatic heterocycles. The molecule has 0 fully saturated rings. The summed E-state index contributed by atoms with van der Waals surface area (Å²) < 4.78 is 2.02. The highest BCUT2D eigenvalue weighted by Gasteiger charge is 2.06. The zero-order valence-electron chi connectivity index (χ0n) is 11.0. The average molecular weight is 281 g/mol. The van der Waals surface area contributed by atoms with Crippen molar-refractivity contribution in [3.8, 4) is 0 Å². The van der Waals surface area contributed by atoms with E-state index in [4.69, 9.17) is 5.11 Å². The van der Waals surface area contributed by atoms with Crippen molar-refractivity contribution in [2.75, 3.05) is 6.54 Å². The second kappa shape index (κ2) is 6.68. The number of hydrogen-bond donors (Lipinski definition) is 2. The third-order valence-corrected chi connectivity index (χ3v) is 3.88. The molecule has 0 aliphatic carbocycles. The van der Waals surface area contributed by atoms with Crippen molar-refractivity contribution in [2.45, 2.75) is 32.7 Å². The number of hydrogen-bond acceptors (Lipinski definition) is 4. The van der Waals surface area contributed by atoms with Gasteiger partial charge in [-0.1, -0.05) is 6.92 Å². The van der Waals surface area contributed by atoms with E-state index in [0.717, 1.165) is 36.6 Å². The Balaban J connectivity index is 1.64. The predicted octanol–water partition coefficient (Wildman–Crippen LogP) is 2.38. The Labute approximate surface area is 116 Å². The van der Waals surface area contributed by atoms with Crippen molar-refractivity contribution in [3.05, 3.63) is 23.5 Å². The normalized spacial score (nSPS) is 12.9. The predicted molar refractivity (Wildman–Crippen MR) is 75.4 cm³/mol. The first-order chi connectivity index (χ1) is 9.15. The molecule has 6 heteroatoms. The number of imidazole rings is 1. The highest BCUT2D eigenvalue weighted by Crippen LogP contribution is 2.12. The number of carbonyl (C=O) groups is 1. The second-order valence-corrected chi connectivity index (χ2v) is 5.70. The van der Waals surface area contributed by atoms with Gasteiger partial charge >= 0.3 is 5.97 Å². The minimum absolute atomic E-state index is 0.262. The number of thiazole rings is 1. The van der Waals surface area contributed by atoms with Gasteiger partial charge in [0.25, 0.3) is 0 Å². The number of nitrogens with zero attached hydrogens (tertiary/aromatic N) is 2. The van der Waals surface area contributed by atoms with E-state index in [1.54, 1.807) is 11.3 Å². The molecule has 2 rings (SSSR count). The molecule has 0 spiro atoms. The molecule has 0 bridgehead atoms. The largest absolute Gasteiger partial charge is 0.481 e. The zero-order chi connectivity index (χ0) is 13.7. The molecule has 2 N–H and O–H groups in total. The van der Waals surface area contributed by atoms with Crippen LogP contribution in [0.2, 0.25) is 0 Å². The summed E-state index contributed by atoms with van der Waals surface area (Å²) in [7, 11) is 0. The molecule has 19 heavy (non-hydrogen) atoms. The number of carboxylic acids is 1. The Kier molecular flexibility index (Phi) is 4.93.